The number of ketones is 1. The number of ether oxygens (including phenoxy) is 1. The summed E-state index contributed by atoms with van der Waals surface area (Å²) in [6.45, 7) is 3.79. The lowest BCUT2D eigenvalue weighted by molar-refractivity contribution is 0.0444. The Kier molecular flexibility index (Phi) is 5.97. The third-order valence-corrected chi connectivity index (χ3v) is 5.70. The number of hydrogen-bond donors (Lipinski definition) is 0. The molecule has 162 valence electrons. The highest BCUT2D eigenvalue weighted by Crippen LogP contribution is 2.22. The number of fused-ring (bicyclic) bond motifs is 1. The summed E-state index contributed by atoms with van der Waals surface area (Å²) < 4.78 is 12.6. The predicted octanol–water partition coefficient (Wildman–Crippen LogP) is 4.95. The molecule has 0 aliphatic heterocycles. The van der Waals surface area contributed by atoms with E-state index in [4.69, 9.17) is 20.8 Å². The molecule has 2 aromatic heterocycles. The van der Waals surface area contributed by atoms with E-state index in [0.717, 1.165) is 23.0 Å². The fourth-order valence-electron chi connectivity index (χ4n) is 3.61. The lowest BCUT2D eigenvalue weighted by Gasteiger charge is -2.11. The van der Waals surface area contributed by atoms with E-state index in [1.807, 2.05) is 42.7 Å². The molecule has 0 saturated heterocycles. The van der Waals surface area contributed by atoms with Crippen molar-refractivity contribution in [2.24, 2.45) is 0 Å². The van der Waals surface area contributed by atoms with Crippen LogP contribution in [0.15, 0.2) is 69.9 Å². The van der Waals surface area contributed by atoms with E-state index in [2.05, 4.69) is 0 Å². The molecule has 0 radical (unpaired) electrons. The molecule has 0 atom stereocenters. The van der Waals surface area contributed by atoms with Crippen LogP contribution in [-0.2, 0) is 11.3 Å². The lowest BCUT2D eigenvalue weighted by Crippen LogP contribution is -2.16. The molecule has 4 rings (SSSR count). The molecule has 0 spiro atoms. The summed E-state index contributed by atoms with van der Waals surface area (Å²) in [4.78, 5) is 37.3. The molecule has 0 aliphatic rings. The largest absolute Gasteiger partial charge is 0.451 e. The number of aryl methyl sites for hydroxylation is 1. The number of Topliss-reactive ketones (excluding diaryl/α,β-unsaturated/α-hetero) is 1. The summed E-state index contributed by atoms with van der Waals surface area (Å²) in [5.41, 5.74) is 2.96. The molecule has 0 N–H and O–H groups in total. The Balaban J connectivity index is 1.49. The van der Waals surface area contributed by atoms with Crippen molar-refractivity contribution >= 4 is 34.3 Å². The normalized spacial score (nSPS) is 11.0. The molecule has 6 nitrogen and oxygen atoms in total. The van der Waals surface area contributed by atoms with Crippen LogP contribution in [-0.4, -0.2) is 22.9 Å². The molecule has 0 amide bonds. The summed E-state index contributed by atoms with van der Waals surface area (Å²) in [6.07, 6.45) is 0. The molecule has 2 heterocycles. The third-order valence-electron chi connectivity index (χ3n) is 5.33. The number of halogens is 1. The van der Waals surface area contributed by atoms with Gasteiger partial charge in [-0.2, -0.15) is 0 Å². The zero-order valence-electron chi connectivity index (χ0n) is 17.6. The van der Waals surface area contributed by atoms with E-state index in [1.54, 1.807) is 30.3 Å². The van der Waals surface area contributed by atoms with Crippen LogP contribution in [0.5, 0.6) is 0 Å². The van der Waals surface area contributed by atoms with Gasteiger partial charge < -0.3 is 13.7 Å². The molecular formula is C25H20ClNO5. The van der Waals surface area contributed by atoms with Crippen LogP contribution in [0.3, 0.4) is 0 Å². The van der Waals surface area contributed by atoms with Crippen molar-refractivity contribution in [3.63, 3.8) is 0 Å². The number of para-hydroxylation sites is 1. The van der Waals surface area contributed by atoms with Gasteiger partial charge in [0.2, 0.25) is 11.5 Å². The lowest BCUT2D eigenvalue weighted by atomic mass is 10.1. The van der Waals surface area contributed by atoms with Crippen LogP contribution in [0.1, 0.15) is 37.9 Å². The van der Waals surface area contributed by atoms with E-state index in [1.165, 1.54) is 0 Å². The SMILES string of the molecule is Cc1cc(C(=O)COC(=O)c2cc(=O)c3ccccc3o2)c(C)n1Cc1ccccc1Cl. The van der Waals surface area contributed by atoms with Crippen molar-refractivity contribution in [3.05, 3.63) is 104 Å². The van der Waals surface area contributed by atoms with Crippen LogP contribution < -0.4 is 5.43 Å². The minimum absolute atomic E-state index is 0.245. The highest BCUT2D eigenvalue weighted by atomic mass is 35.5. The van der Waals surface area contributed by atoms with Crippen LogP contribution in [0.2, 0.25) is 5.02 Å². The molecule has 4 aromatic rings. The number of carbonyl (C=O) groups excluding carboxylic acids is 2. The van der Waals surface area contributed by atoms with Crippen molar-refractivity contribution < 1.29 is 18.7 Å². The molecule has 0 aliphatic carbocycles. The number of nitrogens with zero attached hydrogens (tertiary/aromatic N) is 1. The van der Waals surface area contributed by atoms with Crippen LogP contribution in [0, 0.1) is 13.8 Å². The minimum Gasteiger partial charge on any atom is -0.451 e. The maximum atomic E-state index is 12.8. The first-order chi connectivity index (χ1) is 15.3. The number of aromatic nitrogens is 1. The maximum Gasteiger partial charge on any atom is 0.374 e. The number of esters is 1. The number of hydrogen-bond acceptors (Lipinski definition) is 5. The second-order valence-corrected chi connectivity index (χ2v) is 7.84. The van der Waals surface area contributed by atoms with Crippen molar-refractivity contribution in [1.29, 1.82) is 0 Å². The molecule has 0 fully saturated rings. The van der Waals surface area contributed by atoms with Crippen molar-refractivity contribution in [2.75, 3.05) is 6.61 Å². The van der Waals surface area contributed by atoms with Gasteiger partial charge in [-0.05, 0) is 43.7 Å². The van der Waals surface area contributed by atoms with Gasteiger partial charge in [0.25, 0.3) is 0 Å². The van der Waals surface area contributed by atoms with Gasteiger partial charge in [-0.1, -0.05) is 41.9 Å². The summed E-state index contributed by atoms with van der Waals surface area (Å²) in [5.74, 6) is -1.46. The molecule has 0 unspecified atom stereocenters. The van der Waals surface area contributed by atoms with Gasteiger partial charge in [-0.3, -0.25) is 9.59 Å². The zero-order valence-corrected chi connectivity index (χ0v) is 18.3. The van der Waals surface area contributed by atoms with E-state index < -0.39 is 12.6 Å². The Hall–Kier alpha value is -3.64. The van der Waals surface area contributed by atoms with Crippen LogP contribution >= 0.6 is 11.6 Å². The Morgan fingerprint density at radius 2 is 1.75 bits per heavy atom. The van der Waals surface area contributed by atoms with Gasteiger partial charge in [0.1, 0.15) is 5.58 Å². The van der Waals surface area contributed by atoms with Crippen LogP contribution in [0.25, 0.3) is 11.0 Å². The predicted molar refractivity (Wildman–Crippen MR) is 122 cm³/mol. The van der Waals surface area contributed by atoms with E-state index in [9.17, 15) is 14.4 Å². The molecular weight excluding hydrogens is 430 g/mol. The quantitative estimate of drug-likeness (QED) is 0.307. The van der Waals surface area contributed by atoms with Gasteiger partial charge in [-0.15, -0.1) is 0 Å². The van der Waals surface area contributed by atoms with Gasteiger partial charge in [0, 0.05) is 34.6 Å². The molecule has 7 heteroatoms. The van der Waals surface area contributed by atoms with E-state index in [-0.39, 0.29) is 22.6 Å². The number of benzene rings is 2. The Morgan fingerprint density at radius 1 is 1.03 bits per heavy atom. The first-order valence-corrected chi connectivity index (χ1v) is 10.4. The van der Waals surface area contributed by atoms with Gasteiger partial charge in [0.05, 0.1) is 5.39 Å². The smallest absolute Gasteiger partial charge is 0.374 e. The van der Waals surface area contributed by atoms with Gasteiger partial charge in [-0.25, -0.2) is 4.79 Å². The number of rotatable bonds is 6. The van der Waals surface area contributed by atoms with E-state index in [0.29, 0.717) is 22.5 Å². The minimum atomic E-state index is -0.869. The van der Waals surface area contributed by atoms with Gasteiger partial charge >= 0.3 is 5.97 Å². The second-order valence-electron chi connectivity index (χ2n) is 7.43. The highest BCUT2D eigenvalue weighted by Gasteiger charge is 2.20. The maximum absolute atomic E-state index is 12.8. The van der Waals surface area contributed by atoms with Crippen molar-refractivity contribution in [2.45, 2.75) is 20.4 Å². The molecule has 2 aromatic carbocycles. The Morgan fingerprint density at radius 3 is 2.53 bits per heavy atom. The summed E-state index contributed by atoms with van der Waals surface area (Å²) in [7, 11) is 0. The Labute approximate surface area is 189 Å². The third kappa shape index (κ3) is 4.22. The summed E-state index contributed by atoms with van der Waals surface area (Å²) >= 11 is 6.27. The number of carbonyl (C=O) groups is 2. The summed E-state index contributed by atoms with van der Waals surface area (Å²) in [5, 5.41) is 1.02. The van der Waals surface area contributed by atoms with Crippen LogP contribution in [0.4, 0.5) is 0 Å². The van der Waals surface area contributed by atoms with Crippen molar-refractivity contribution in [1.82, 2.24) is 4.57 Å². The van der Waals surface area contributed by atoms with Crippen molar-refractivity contribution in [3.8, 4) is 0 Å². The molecule has 0 saturated carbocycles. The zero-order chi connectivity index (χ0) is 22.8. The topological polar surface area (TPSA) is 78.5 Å². The second kappa shape index (κ2) is 8.85. The van der Waals surface area contributed by atoms with E-state index >= 15 is 0 Å². The molecule has 32 heavy (non-hydrogen) atoms. The average Bonchev–Trinajstić information content (AvgIpc) is 3.07. The summed E-state index contributed by atoms with van der Waals surface area (Å²) in [6, 6.07) is 17.0. The Bertz CT molecular complexity index is 1400. The fourth-order valence-corrected chi connectivity index (χ4v) is 3.80. The fraction of sp³-hybridized carbons (Fsp3) is 0.160. The standard InChI is InChI=1S/C25H20ClNO5/c1-15-11-19(16(2)27(15)13-17-7-3-5-9-20(17)26)22(29)14-31-25(30)24-12-21(28)18-8-4-6-10-23(18)32-24/h3-12H,13-14H2,1-2H3. The average molecular weight is 450 g/mol. The van der Waals surface area contributed by atoms with Gasteiger partial charge in [0.15, 0.2) is 12.0 Å². The first-order valence-electron chi connectivity index (χ1n) is 9.98. The first kappa shape index (κ1) is 21.6. The molecule has 0 bridgehead atoms. The highest BCUT2D eigenvalue weighted by molar-refractivity contribution is 6.31. The monoisotopic (exact) mass is 449 g/mol.